The Hall–Kier alpha value is -2.48. The zero-order valence-electron chi connectivity index (χ0n) is 14.6. The summed E-state index contributed by atoms with van der Waals surface area (Å²) in [6.45, 7) is 1.39. The summed E-state index contributed by atoms with van der Waals surface area (Å²) in [6, 6.07) is 0. The van der Waals surface area contributed by atoms with Crippen molar-refractivity contribution in [1.29, 1.82) is 0 Å². The third-order valence-corrected chi connectivity index (χ3v) is 5.17. The predicted molar refractivity (Wildman–Crippen MR) is 93.9 cm³/mol. The Morgan fingerprint density at radius 3 is 3.04 bits per heavy atom. The number of fused-ring (bicyclic) bond motifs is 1. The molecule has 1 fully saturated rings. The summed E-state index contributed by atoms with van der Waals surface area (Å²) < 4.78 is 5.30. The van der Waals surface area contributed by atoms with E-state index in [2.05, 4.69) is 20.4 Å². The van der Waals surface area contributed by atoms with E-state index in [4.69, 9.17) is 4.52 Å². The number of β-amino-alcohol motifs (C(OH)–C–C–N with tert-alkyl or cyclic N) is 1. The van der Waals surface area contributed by atoms with Gasteiger partial charge in [0.2, 0.25) is 0 Å². The fourth-order valence-electron chi connectivity index (χ4n) is 3.80. The van der Waals surface area contributed by atoms with Crippen LogP contribution in [0.5, 0.6) is 0 Å². The minimum atomic E-state index is -1.00. The molecular formula is C18H23N5O3. The summed E-state index contributed by atoms with van der Waals surface area (Å²) in [5.41, 5.74) is 0.283. The normalized spacial score (nSPS) is 22.7. The first kappa shape index (κ1) is 17.0. The Kier molecular flexibility index (Phi) is 4.58. The standard InChI is InChI=1S/C18H23N5O3/c24-17(16-13-4-1-2-5-14(13)26-22-16)21-11-18(25)6-3-9-23(12-18)15-10-19-7-8-20-15/h7-8,10,25H,1-6,9,11-12H2,(H,21,24)/t18-/m0/s1. The zero-order chi connectivity index (χ0) is 18.0. The zero-order valence-corrected chi connectivity index (χ0v) is 14.6. The van der Waals surface area contributed by atoms with Crippen LogP contribution >= 0.6 is 0 Å². The number of amides is 1. The van der Waals surface area contributed by atoms with Gasteiger partial charge >= 0.3 is 0 Å². The molecule has 1 saturated heterocycles. The van der Waals surface area contributed by atoms with Gasteiger partial charge in [-0.3, -0.25) is 9.78 Å². The molecule has 1 aliphatic carbocycles. The number of anilines is 1. The number of piperidine rings is 1. The van der Waals surface area contributed by atoms with Crippen molar-refractivity contribution >= 4 is 11.7 Å². The minimum absolute atomic E-state index is 0.171. The quantitative estimate of drug-likeness (QED) is 0.844. The van der Waals surface area contributed by atoms with Crippen molar-refractivity contribution in [2.75, 3.05) is 24.5 Å². The maximum atomic E-state index is 12.5. The maximum Gasteiger partial charge on any atom is 0.273 e. The monoisotopic (exact) mass is 357 g/mol. The number of aromatic nitrogens is 3. The largest absolute Gasteiger partial charge is 0.386 e. The first-order valence-corrected chi connectivity index (χ1v) is 9.14. The Labute approximate surface area is 151 Å². The molecule has 3 heterocycles. The summed E-state index contributed by atoms with van der Waals surface area (Å²) in [4.78, 5) is 22.9. The van der Waals surface area contributed by atoms with E-state index in [1.165, 1.54) is 0 Å². The van der Waals surface area contributed by atoms with E-state index < -0.39 is 5.60 Å². The molecule has 1 amide bonds. The van der Waals surface area contributed by atoms with Crippen LogP contribution in [0.2, 0.25) is 0 Å². The van der Waals surface area contributed by atoms with E-state index in [0.717, 1.165) is 55.8 Å². The molecule has 26 heavy (non-hydrogen) atoms. The van der Waals surface area contributed by atoms with Crippen molar-refractivity contribution in [3.8, 4) is 0 Å². The van der Waals surface area contributed by atoms with Crippen molar-refractivity contribution in [3.63, 3.8) is 0 Å². The molecule has 2 aromatic heterocycles. The van der Waals surface area contributed by atoms with E-state index in [-0.39, 0.29) is 12.5 Å². The van der Waals surface area contributed by atoms with Crippen molar-refractivity contribution in [1.82, 2.24) is 20.4 Å². The van der Waals surface area contributed by atoms with Crippen LogP contribution in [0.3, 0.4) is 0 Å². The lowest BCUT2D eigenvalue weighted by molar-refractivity contribution is 0.0253. The van der Waals surface area contributed by atoms with Crippen molar-refractivity contribution in [3.05, 3.63) is 35.6 Å². The molecule has 8 nitrogen and oxygen atoms in total. The van der Waals surface area contributed by atoms with Gasteiger partial charge in [-0.1, -0.05) is 5.16 Å². The van der Waals surface area contributed by atoms with Gasteiger partial charge in [0, 0.05) is 44.0 Å². The molecule has 8 heteroatoms. The van der Waals surface area contributed by atoms with Gasteiger partial charge in [-0.15, -0.1) is 0 Å². The SMILES string of the molecule is O=C(NC[C@@]1(O)CCCN(c2cnccn2)C1)c1noc2c1CCCC2. The van der Waals surface area contributed by atoms with Gasteiger partial charge in [0.1, 0.15) is 11.6 Å². The first-order chi connectivity index (χ1) is 12.6. The van der Waals surface area contributed by atoms with E-state index in [9.17, 15) is 9.90 Å². The fourth-order valence-corrected chi connectivity index (χ4v) is 3.80. The lowest BCUT2D eigenvalue weighted by Crippen LogP contribution is -2.54. The number of aryl methyl sites for hydroxylation is 1. The maximum absolute atomic E-state index is 12.5. The number of nitrogens with zero attached hydrogens (tertiary/aromatic N) is 4. The topological polar surface area (TPSA) is 104 Å². The summed E-state index contributed by atoms with van der Waals surface area (Å²) in [5.74, 6) is 1.29. The average Bonchev–Trinajstić information content (AvgIpc) is 3.11. The van der Waals surface area contributed by atoms with Crippen LogP contribution in [-0.4, -0.2) is 51.4 Å². The molecule has 138 valence electrons. The smallest absolute Gasteiger partial charge is 0.273 e. The number of rotatable bonds is 4. The number of aliphatic hydroxyl groups is 1. The molecule has 1 aliphatic heterocycles. The van der Waals surface area contributed by atoms with Crippen LogP contribution in [-0.2, 0) is 12.8 Å². The van der Waals surface area contributed by atoms with Gasteiger partial charge in [-0.25, -0.2) is 4.98 Å². The molecule has 2 N–H and O–H groups in total. The Morgan fingerprint density at radius 2 is 2.19 bits per heavy atom. The van der Waals surface area contributed by atoms with E-state index in [0.29, 0.717) is 18.7 Å². The Bertz CT molecular complexity index is 778. The molecule has 4 rings (SSSR count). The lowest BCUT2D eigenvalue weighted by Gasteiger charge is -2.39. The number of carbonyl (C=O) groups excluding carboxylic acids is 1. The van der Waals surface area contributed by atoms with Gasteiger partial charge < -0.3 is 19.8 Å². The van der Waals surface area contributed by atoms with Gasteiger partial charge in [0.15, 0.2) is 5.69 Å². The number of hydrogen-bond donors (Lipinski definition) is 2. The third kappa shape index (κ3) is 3.41. The van der Waals surface area contributed by atoms with Crippen molar-refractivity contribution in [2.45, 2.75) is 44.1 Å². The molecule has 2 aliphatic rings. The fraction of sp³-hybridized carbons (Fsp3) is 0.556. The number of carbonyl (C=O) groups is 1. The molecule has 0 unspecified atom stereocenters. The molecule has 0 bridgehead atoms. The van der Waals surface area contributed by atoms with Gasteiger partial charge in [-0.05, 0) is 32.1 Å². The number of hydrogen-bond acceptors (Lipinski definition) is 7. The average molecular weight is 357 g/mol. The molecule has 2 aromatic rings. The van der Waals surface area contributed by atoms with E-state index in [1.54, 1.807) is 18.6 Å². The second kappa shape index (κ2) is 7.03. The van der Waals surface area contributed by atoms with Gasteiger partial charge in [0.25, 0.3) is 5.91 Å². The van der Waals surface area contributed by atoms with Crippen molar-refractivity contribution in [2.24, 2.45) is 0 Å². The third-order valence-electron chi connectivity index (χ3n) is 5.17. The van der Waals surface area contributed by atoms with Crippen LogP contribution in [0.15, 0.2) is 23.1 Å². The van der Waals surface area contributed by atoms with Crippen LogP contribution in [0.1, 0.15) is 47.5 Å². The highest BCUT2D eigenvalue weighted by Gasteiger charge is 2.35. The molecule has 1 atom stereocenters. The van der Waals surface area contributed by atoms with Crippen molar-refractivity contribution < 1.29 is 14.4 Å². The number of nitrogens with one attached hydrogen (secondary N) is 1. The molecule has 0 radical (unpaired) electrons. The highest BCUT2D eigenvalue weighted by Crippen LogP contribution is 2.26. The van der Waals surface area contributed by atoms with E-state index in [1.807, 2.05) is 4.90 Å². The second-order valence-corrected chi connectivity index (χ2v) is 7.14. The highest BCUT2D eigenvalue weighted by atomic mass is 16.5. The minimum Gasteiger partial charge on any atom is -0.386 e. The lowest BCUT2D eigenvalue weighted by atomic mass is 9.92. The second-order valence-electron chi connectivity index (χ2n) is 7.14. The van der Waals surface area contributed by atoms with Gasteiger partial charge in [-0.2, -0.15) is 0 Å². The molecular weight excluding hydrogens is 334 g/mol. The Balaban J connectivity index is 1.40. The van der Waals surface area contributed by atoms with Crippen LogP contribution in [0.25, 0.3) is 0 Å². The van der Waals surface area contributed by atoms with Crippen LogP contribution in [0.4, 0.5) is 5.82 Å². The molecule has 0 saturated carbocycles. The summed E-state index contributed by atoms with van der Waals surface area (Å²) >= 11 is 0. The van der Waals surface area contributed by atoms with Gasteiger partial charge in [0.05, 0.1) is 11.8 Å². The first-order valence-electron chi connectivity index (χ1n) is 9.14. The highest BCUT2D eigenvalue weighted by molar-refractivity contribution is 5.93. The van der Waals surface area contributed by atoms with Crippen LogP contribution in [0, 0.1) is 0 Å². The van der Waals surface area contributed by atoms with Crippen LogP contribution < -0.4 is 10.2 Å². The summed E-state index contributed by atoms with van der Waals surface area (Å²) in [7, 11) is 0. The predicted octanol–water partition coefficient (Wildman–Crippen LogP) is 1.10. The molecule has 0 aromatic carbocycles. The van der Waals surface area contributed by atoms with E-state index >= 15 is 0 Å². The summed E-state index contributed by atoms with van der Waals surface area (Å²) in [5, 5.41) is 17.7. The summed E-state index contributed by atoms with van der Waals surface area (Å²) in [6.07, 6.45) is 10.2. The molecule has 0 spiro atoms. The Morgan fingerprint density at radius 1 is 1.31 bits per heavy atom.